The number of rotatable bonds is 5. The molecule has 1 saturated carbocycles. The van der Waals surface area contributed by atoms with Crippen molar-refractivity contribution in [2.75, 3.05) is 12.4 Å². The lowest BCUT2D eigenvalue weighted by Crippen LogP contribution is -2.47. The topological polar surface area (TPSA) is 92.7 Å². The number of hydrogen-bond donors (Lipinski definition) is 2. The number of carboxylic acids is 1. The van der Waals surface area contributed by atoms with Crippen LogP contribution in [-0.4, -0.2) is 30.1 Å². The third kappa shape index (κ3) is 3.43. The molecule has 2 bridgehead atoms. The second-order valence-corrected chi connectivity index (χ2v) is 8.99. The Labute approximate surface area is 178 Å². The Hall–Kier alpha value is -2.93. The number of anilines is 1. The van der Waals surface area contributed by atoms with Crippen molar-refractivity contribution in [3.05, 3.63) is 52.9 Å². The second kappa shape index (κ2) is 8.07. The lowest BCUT2D eigenvalue weighted by atomic mass is 9.62. The number of amides is 1. The second-order valence-electron chi connectivity index (χ2n) is 7.76. The number of carbonyl (C=O) groups excluding carboxylic acids is 2. The Balaban J connectivity index is 1.71. The molecule has 0 aliphatic heterocycles. The molecule has 1 heterocycles. The van der Waals surface area contributed by atoms with Gasteiger partial charge in [0, 0.05) is 10.4 Å². The Bertz CT molecular complexity index is 1030. The maximum absolute atomic E-state index is 13.2. The van der Waals surface area contributed by atoms with Gasteiger partial charge in [0.2, 0.25) is 5.91 Å². The van der Waals surface area contributed by atoms with Crippen LogP contribution >= 0.6 is 11.3 Å². The zero-order valence-corrected chi connectivity index (χ0v) is 17.6. The van der Waals surface area contributed by atoms with Crippen molar-refractivity contribution in [1.29, 1.82) is 0 Å². The molecular weight excluding hydrogens is 402 g/mol. The van der Waals surface area contributed by atoms with E-state index in [9.17, 15) is 19.5 Å². The van der Waals surface area contributed by atoms with Gasteiger partial charge in [0.1, 0.15) is 10.6 Å². The number of carboxylic acid groups (broad SMARTS) is 1. The van der Waals surface area contributed by atoms with E-state index in [1.54, 1.807) is 0 Å². The van der Waals surface area contributed by atoms with Gasteiger partial charge < -0.3 is 15.2 Å². The van der Waals surface area contributed by atoms with Gasteiger partial charge in [-0.1, -0.05) is 42.5 Å². The van der Waals surface area contributed by atoms with Gasteiger partial charge in [-0.3, -0.25) is 9.59 Å². The van der Waals surface area contributed by atoms with E-state index in [4.69, 9.17) is 4.74 Å². The Morgan fingerprint density at radius 2 is 1.70 bits per heavy atom. The van der Waals surface area contributed by atoms with Crippen molar-refractivity contribution >= 4 is 34.2 Å². The van der Waals surface area contributed by atoms with Crippen molar-refractivity contribution < 1.29 is 24.2 Å². The minimum Gasteiger partial charge on any atom is -0.481 e. The van der Waals surface area contributed by atoms with E-state index in [0.717, 1.165) is 28.8 Å². The van der Waals surface area contributed by atoms with Crippen molar-refractivity contribution in [1.82, 2.24) is 0 Å². The summed E-state index contributed by atoms with van der Waals surface area (Å²) in [5.41, 5.74) is 1.89. The molecule has 0 spiro atoms. The maximum atomic E-state index is 13.2. The van der Waals surface area contributed by atoms with Crippen LogP contribution in [0.25, 0.3) is 11.1 Å². The van der Waals surface area contributed by atoms with Crippen molar-refractivity contribution in [2.45, 2.75) is 19.8 Å². The summed E-state index contributed by atoms with van der Waals surface area (Å²) >= 11 is 1.30. The van der Waals surface area contributed by atoms with E-state index in [-0.39, 0.29) is 17.7 Å². The van der Waals surface area contributed by atoms with E-state index in [0.29, 0.717) is 10.6 Å². The maximum Gasteiger partial charge on any atom is 0.341 e. The van der Waals surface area contributed by atoms with Gasteiger partial charge in [-0.2, -0.15) is 0 Å². The summed E-state index contributed by atoms with van der Waals surface area (Å²) < 4.78 is 5.00. The van der Waals surface area contributed by atoms with Crippen LogP contribution < -0.4 is 5.32 Å². The van der Waals surface area contributed by atoms with Crippen LogP contribution in [0.3, 0.4) is 0 Å². The molecule has 2 aromatic rings. The molecule has 1 amide bonds. The average Bonchev–Trinajstić information content (AvgIpc) is 3.09. The number of allylic oxidation sites excluding steroid dienone is 2. The standard InChI is InChI=1S/C23H23NO5S/c1-12-16(13-6-4-3-5-7-13)19(23(28)29-2)21(30-12)24-20(25)17-14-8-10-15(11-9-14)18(17)22(26)27/h3-8,10,14-15,17-18H,9,11H2,1-2H3,(H,24,25)(H,26,27)/t14-,15-,17-,18+/m0/s1. The predicted molar refractivity (Wildman–Crippen MR) is 114 cm³/mol. The number of aryl methyl sites for hydroxylation is 1. The summed E-state index contributed by atoms with van der Waals surface area (Å²) in [5.74, 6) is -3.47. The average molecular weight is 426 g/mol. The fourth-order valence-corrected chi connectivity index (χ4v) is 5.83. The molecule has 4 atom stereocenters. The van der Waals surface area contributed by atoms with Crippen molar-refractivity contribution in [3.63, 3.8) is 0 Å². The molecule has 0 saturated heterocycles. The molecule has 1 aromatic carbocycles. The highest BCUT2D eigenvalue weighted by atomic mass is 32.1. The molecule has 3 aliphatic carbocycles. The van der Waals surface area contributed by atoms with Crippen LogP contribution in [0, 0.1) is 30.6 Å². The molecule has 7 heteroatoms. The Morgan fingerprint density at radius 1 is 1.07 bits per heavy atom. The van der Waals surface area contributed by atoms with Crippen molar-refractivity contribution in [3.8, 4) is 11.1 Å². The molecule has 5 rings (SSSR count). The molecule has 30 heavy (non-hydrogen) atoms. The fourth-order valence-electron chi connectivity index (χ4n) is 4.77. The first-order valence-electron chi connectivity index (χ1n) is 9.91. The number of carbonyl (C=O) groups is 3. The highest BCUT2D eigenvalue weighted by Crippen LogP contribution is 2.46. The number of benzene rings is 1. The van der Waals surface area contributed by atoms with Gasteiger partial charge in [0.15, 0.2) is 0 Å². The van der Waals surface area contributed by atoms with Crippen LogP contribution in [0.2, 0.25) is 0 Å². The number of fused-ring (bicyclic) bond motifs is 2. The number of esters is 1. The van der Waals surface area contributed by atoms with E-state index >= 15 is 0 Å². The van der Waals surface area contributed by atoms with Crippen LogP contribution in [-0.2, 0) is 14.3 Å². The molecule has 1 fully saturated rings. The zero-order chi connectivity index (χ0) is 21.4. The minimum atomic E-state index is -0.949. The molecule has 2 N–H and O–H groups in total. The number of hydrogen-bond acceptors (Lipinski definition) is 5. The van der Waals surface area contributed by atoms with Gasteiger partial charge in [-0.05, 0) is 37.2 Å². The quantitative estimate of drug-likeness (QED) is 0.548. The summed E-state index contributed by atoms with van der Waals surface area (Å²) in [4.78, 5) is 38.6. The first kappa shape index (κ1) is 20.3. The van der Waals surface area contributed by atoms with Crippen LogP contribution in [0.5, 0.6) is 0 Å². The molecule has 6 nitrogen and oxygen atoms in total. The van der Waals surface area contributed by atoms with Crippen LogP contribution in [0.1, 0.15) is 28.1 Å². The van der Waals surface area contributed by atoms with Gasteiger partial charge in [0.25, 0.3) is 0 Å². The smallest absolute Gasteiger partial charge is 0.341 e. The van der Waals surface area contributed by atoms with Gasteiger partial charge in [0.05, 0.1) is 18.9 Å². The molecule has 0 radical (unpaired) electrons. The van der Waals surface area contributed by atoms with E-state index < -0.39 is 23.8 Å². The first-order valence-corrected chi connectivity index (χ1v) is 10.7. The normalized spacial score (nSPS) is 24.5. The van der Waals surface area contributed by atoms with E-state index in [1.165, 1.54) is 18.4 Å². The van der Waals surface area contributed by atoms with E-state index in [2.05, 4.69) is 5.32 Å². The molecule has 3 aliphatic rings. The lowest BCUT2D eigenvalue weighted by Gasteiger charge is -2.41. The molecule has 0 unspecified atom stereocenters. The summed E-state index contributed by atoms with van der Waals surface area (Å²) in [6.07, 6.45) is 5.48. The Kier molecular flexibility index (Phi) is 5.47. The van der Waals surface area contributed by atoms with Gasteiger partial charge >= 0.3 is 11.9 Å². The first-order chi connectivity index (χ1) is 14.4. The third-order valence-corrected chi connectivity index (χ3v) is 7.13. The highest BCUT2D eigenvalue weighted by Gasteiger charge is 2.48. The minimum absolute atomic E-state index is 0.104. The van der Waals surface area contributed by atoms with Gasteiger partial charge in [-0.15, -0.1) is 11.3 Å². The number of methoxy groups -OCH3 is 1. The number of thiophene rings is 1. The lowest BCUT2D eigenvalue weighted by molar-refractivity contribution is -0.151. The van der Waals surface area contributed by atoms with Gasteiger partial charge in [-0.25, -0.2) is 4.79 Å². The monoisotopic (exact) mass is 425 g/mol. The van der Waals surface area contributed by atoms with Crippen molar-refractivity contribution in [2.24, 2.45) is 23.7 Å². The fraction of sp³-hybridized carbons (Fsp3) is 0.348. The SMILES string of the molecule is COC(=O)c1c(NC(=O)[C@@H]2[C@H](C(=O)O)[C@H]3C=C[C@H]2CC3)sc(C)c1-c1ccccc1. The largest absolute Gasteiger partial charge is 0.481 e. The summed E-state index contributed by atoms with van der Waals surface area (Å²) in [7, 11) is 1.31. The van der Waals surface area contributed by atoms with Crippen LogP contribution in [0.15, 0.2) is 42.5 Å². The molecule has 1 aromatic heterocycles. The Morgan fingerprint density at radius 3 is 2.27 bits per heavy atom. The molecule has 156 valence electrons. The summed E-state index contributed by atoms with van der Waals surface area (Å²) in [6.45, 7) is 1.89. The van der Waals surface area contributed by atoms with Crippen LogP contribution in [0.4, 0.5) is 5.00 Å². The zero-order valence-electron chi connectivity index (χ0n) is 16.8. The van der Waals surface area contributed by atoms with E-state index in [1.807, 2.05) is 49.4 Å². The predicted octanol–water partition coefficient (Wildman–Crippen LogP) is 4.36. The number of aliphatic carboxylic acids is 1. The highest BCUT2D eigenvalue weighted by molar-refractivity contribution is 7.17. The number of ether oxygens (including phenoxy) is 1. The summed E-state index contributed by atoms with van der Waals surface area (Å²) in [5, 5.41) is 13.0. The number of nitrogens with one attached hydrogen (secondary N) is 1. The molecular formula is C23H23NO5S. The summed E-state index contributed by atoms with van der Waals surface area (Å²) in [6, 6.07) is 9.46. The third-order valence-electron chi connectivity index (χ3n) is 6.11.